The summed E-state index contributed by atoms with van der Waals surface area (Å²) in [6.07, 6.45) is 1.04. The van der Waals surface area contributed by atoms with Gasteiger partial charge in [0, 0.05) is 40.0 Å². The van der Waals surface area contributed by atoms with Crippen LogP contribution in [0.2, 0.25) is 10.0 Å². The standard InChI is InChI=1S/C33H31Cl2N3O3/c1-3-21(2)36-32(40)29(17-22-9-5-4-6-10-22)37(19-24-15-16-25(34)18-27(24)35)30(39)20-38-28-14-8-12-23-11-7-13-26(31(23)28)33(38)41/h4-16,18,21,29H,3,17,19-20H2,1-2H3,(H,36,40)/t21-,29-/m1/s1. The average molecular weight is 589 g/mol. The maximum atomic E-state index is 14.3. The SMILES string of the molecule is CC[C@@H](C)NC(=O)[C@@H](Cc1ccccc1)N(Cc1ccc(Cl)cc1Cl)C(=O)CN1C(=O)c2cccc3cccc1c23. The molecule has 210 valence electrons. The van der Waals surface area contributed by atoms with Crippen molar-refractivity contribution in [3.8, 4) is 0 Å². The molecular formula is C33H31Cl2N3O3. The molecule has 0 saturated carbocycles. The van der Waals surface area contributed by atoms with Gasteiger partial charge in [0.25, 0.3) is 5.91 Å². The summed E-state index contributed by atoms with van der Waals surface area (Å²) in [5, 5.41) is 5.69. The zero-order valence-corrected chi connectivity index (χ0v) is 24.5. The van der Waals surface area contributed by atoms with Crippen molar-refractivity contribution < 1.29 is 14.4 Å². The first-order valence-electron chi connectivity index (χ1n) is 13.7. The molecule has 1 N–H and O–H groups in total. The lowest BCUT2D eigenvalue weighted by Gasteiger charge is -2.33. The smallest absolute Gasteiger partial charge is 0.259 e. The van der Waals surface area contributed by atoms with E-state index in [-0.39, 0.29) is 36.9 Å². The molecule has 6 nitrogen and oxygen atoms in total. The van der Waals surface area contributed by atoms with Gasteiger partial charge in [-0.15, -0.1) is 0 Å². The zero-order chi connectivity index (χ0) is 29.1. The van der Waals surface area contributed by atoms with E-state index in [9.17, 15) is 14.4 Å². The van der Waals surface area contributed by atoms with Crippen LogP contribution in [-0.2, 0) is 22.6 Å². The number of hydrogen-bond donors (Lipinski definition) is 1. The molecular weight excluding hydrogens is 557 g/mol. The van der Waals surface area contributed by atoms with Gasteiger partial charge in [0.2, 0.25) is 11.8 Å². The third-order valence-electron chi connectivity index (χ3n) is 7.57. The van der Waals surface area contributed by atoms with Crippen LogP contribution in [0.25, 0.3) is 10.8 Å². The van der Waals surface area contributed by atoms with Crippen LogP contribution < -0.4 is 10.2 Å². The Labute approximate surface area is 249 Å². The van der Waals surface area contributed by atoms with Crippen LogP contribution >= 0.6 is 23.2 Å². The fraction of sp³-hybridized carbons (Fsp3) is 0.242. The summed E-state index contributed by atoms with van der Waals surface area (Å²) < 4.78 is 0. The predicted octanol–water partition coefficient (Wildman–Crippen LogP) is 6.66. The molecule has 4 aromatic rings. The molecule has 0 aromatic heterocycles. The Morgan fingerprint density at radius 1 is 0.951 bits per heavy atom. The second-order valence-electron chi connectivity index (χ2n) is 10.4. The lowest BCUT2D eigenvalue weighted by Crippen LogP contribution is -2.54. The van der Waals surface area contributed by atoms with E-state index < -0.39 is 6.04 Å². The van der Waals surface area contributed by atoms with Gasteiger partial charge < -0.3 is 10.2 Å². The van der Waals surface area contributed by atoms with Gasteiger partial charge >= 0.3 is 0 Å². The van der Waals surface area contributed by atoms with E-state index in [0.717, 1.165) is 22.8 Å². The quantitative estimate of drug-likeness (QED) is 0.225. The van der Waals surface area contributed by atoms with Gasteiger partial charge in [0.05, 0.1) is 5.69 Å². The van der Waals surface area contributed by atoms with E-state index in [1.165, 1.54) is 9.80 Å². The molecule has 2 atom stereocenters. The number of hydrogen-bond acceptors (Lipinski definition) is 3. The number of amides is 3. The van der Waals surface area contributed by atoms with Gasteiger partial charge in [-0.1, -0.05) is 90.8 Å². The van der Waals surface area contributed by atoms with Crippen LogP contribution in [-0.4, -0.2) is 41.2 Å². The van der Waals surface area contributed by atoms with Gasteiger partial charge in [0.1, 0.15) is 12.6 Å². The van der Waals surface area contributed by atoms with Crippen LogP contribution in [0.5, 0.6) is 0 Å². The Balaban J connectivity index is 1.53. The Morgan fingerprint density at radius 3 is 2.39 bits per heavy atom. The molecule has 1 aliphatic rings. The van der Waals surface area contributed by atoms with Crippen molar-refractivity contribution in [1.29, 1.82) is 0 Å². The molecule has 3 amide bonds. The van der Waals surface area contributed by atoms with Crippen molar-refractivity contribution in [1.82, 2.24) is 10.2 Å². The van der Waals surface area contributed by atoms with E-state index in [1.54, 1.807) is 24.3 Å². The maximum Gasteiger partial charge on any atom is 0.259 e. The molecule has 0 fully saturated rings. The highest BCUT2D eigenvalue weighted by atomic mass is 35.5. The van der Waals surface area contributed by atoms with E-state index in [2.05, 4.69) is 5.32 Å². The molecule has 4 aromatic carbocycles. The number of carbonyl (C=O) groups excluding carboxylic acids is 3. The first-order valence-corrected chi connectivity index (χ1v) is 14.4. The summed E-state index contributed by atoms with van der Waals surface area (Å²) in [6.45, 7) is 3.77. The topological polar surface area (TPSA) is 69.7 Å². The first-order chi connectivity index (χ1) is 19.8. The second-order valence-corrected chi connectivity index (χ2v) is 11.2. The second kappa shape index (κ2) is 12.3. The van der Waals surface area contributed by atoms with Crippen molar-refractivity contribution in [2.45, 2.75) is 45.3 Å². The van der Waals surface area contributed by atoms with Crippen LogP contribution in [0.1, 0.15) is 41.8 Å². The van der Waals surface area contributed by atoms with Crippen molar-refractivity contribution in [3.05, 3.63) is 112 Å². The van der Waals surface area contributed by atoms with Gasteiger partial charge in [-0.25, -0.2) is 0 Å². The summed E-state index contributed by atoms with van der Waals surface area (Å²) >= 11 is 12.7. The minimum Gasteiger partial charge on any atom is -0.352 e. The summed E-state index contributed by atoms with van der Waals surface area (Å²) in [7, 11) is 0. The third kappa shape index (κ3) is 6.09. The van der Waals surface area contributed by atoms with Crippen LogP contribution in [0, 0.1) is 0 Å². The van der Waals surface area contributed by atoms with E-state index in [4.69, 9.17) is 23.2 Å². The molecule has 0 saturated heterocycles. The fourth-order valence-corrected chi connectivity index (χ4v) is 5.66. The van der Waals surface area contributed by atoms with Crippen molar-refractivity contribution >= 4 is 57.4 Å². The molecule has 0 aliphatic carbocycles. The third-order valence-corrected chi connectivity index (χ3v) is 8.16. The number of benzene rings is 4. The van der Waals surface area contributed by atoms with E-state index in [0.29, 0.717) is 33.3 Å². The number of rotatable bonds is 10. The van der Waals surface area contributed by atoms with Crippen molar-refractivity contribution in [3.63, 3.8) is 0 Å². The Hall–Kier alpha value is -3.87. The van der Waals surface area contributed by atoms with Gasteiger partial charge in [-0.2, -0.15) is 0 Å². The highest BCUT2D eigenvalue weighted by molar-refractivity contribution is 6.35. The van der Waals surface area contributed by atoms with Crippen molar-refractivity contribution in [2.24, 2.45) is 0 Å². The number of carbonyl (C=O) groups is 3. The molecule has 0 spiro atoms. The molecule has 0 radical (unpaired) electrons. The van der Waals surface area contributed by atoms with Crippen molar-refractivity contribution in [2.75, 3.05) is 11.4 Å². The molecule has 0 unspecified atom stereocenters. The van der Waals surface area contributed by atoms with E-state index in [1.807, 2.05) is 74.5 Å². The number of halogens is 2. The minimum absolute atomic E-state index is 0.0689. The lowest BCUT2D eigenvalue weighted by atomic mass is 10.0. The number of anilines is 1. The van der Waals surface area contributed by atoms with Gasteiger partial charge in [-0.05, 0) is 54.1 Å². The highest BCUT2D eigenvalue weighted by Crippen LogP contribution is 2.37. The monoisotopic (exact) mass is 587 g/mol. The lowest BCUT2D eigenvalue weighted by molar-refractivity contribution is -0.140. The highest BCUT2D eigenvalue weighted by Gasteiger charge is 2.36. The summed E-state index contributed by atoms with van der Waals surface area (Å²) in [4.78, 5) is 44.6. The largest absolute Gasteiger partial charge is 0.352 e. The normalized spacial score (nSPS) is 13.8. The molecule has 1 heterocycles. The Kier molecular flexibility index (Phi) is 8.62. The van der Waals surface area contributed by atoms with Crippen LogP contribution in [0.15, 0.2) is 84.9 Å². The molecule has 0 bridgehead atoms. The number of nitrogens with zero attached hydrogens (tertiary/aromatic N) is 2. The molecule has 41 heavy (non-hydrogen) atoms. The minimum atomic E-state index is -0.846. The molecule has 1 aliphatic heterocycles. The summed E-state index contributed by atoms with van der Waals surface area (Å²) in [6, 6.07) is 25.0. The summed E-state index contributed by atoms with van der Waals surface area (Å²) in [5.41, 5.74) is 2.81. The van der Waals surface area contributed by atoms with Crippen LogP contribution in [0.3, 0.4) is 0 Å². The zero-order valence-electron chi connectivity index (χ0n) is 22.9. The fourth-order valence-electron chi connectivity index (χ4n) is 5.19. The first kappa shape index (κ1) is 28.7. The predicted molar refractivity (Wildman–Crippen MR) is 164 cm³/mol. The molecule has 8 heteroatoms. The van der Waals surface area contributed by atoms with Gasteiger partial charge in [-0.3, -0.25) is 19.3 Å². The van der Waals surface area contributed by atoms with E-state index >= 15 is 0 Å². The average Bonchev–Trinajstić information content (AvgIpc) is 3.24. The number of nitrogens with one attached hydrogen (secondary N) is 1. The maximum absolute atomic E-state index is 14.3. The van der Waals surface area contributed by atoms with Gasteiger partial charge in [0.15, 0.2) is 0 Å². The Bertz CT molecular complexity index is 1600. The molecule has 5 rings (SSSR count). The van der Waals surface area contributed by atoms with Crippen LogP contribution in [0.4, 0.5) is 5.69 Å². The summed E-state index contributed by atoms with van der Waals surface area (Å²) in [5.74, 6) is -0.868. The Morgan fingerprint density at radius 2 is 1.68 bits per heavy atom.